The molecule has 0 unspecified atom stereocenters. The number of nitrogens with one attached hydrogen (secondary N) is 2. The molecule has 2 aromatic rings. The topological polar surface area (TPSA) is 71.4 Å². The van der Waals surface area contributed by atoms with Gasteiger partial charge in [-0.2, -0.15) is 5.26 Å². The first-order chi connectivity index (χ1) is 18.3. The molecular formula is C30H37F2N5O. The van der Waals surface area contributed by atoms with Crippen LogP contribution in [0.5, 0.6) is 0 Å². The van der Waals surface area contributed by atoms with Crippen LogP contribution in [-0.4, -0.2) is 61.2 Å². The number of piperidine rings is 1. The van der Waals surface area contributed by atoms with Crippen LogP contribution < -0.4 is 15.5 Å². The number of likely N-dealkylation sites (tertiary alicyclic amines) is 1. The van der Waals surface area contributed by atoms with Crippen LogP contribution in [0.2, 0.25) is 0 Å². The molecule has 1 saturated carbocycles. The molecule has 38 heavy (non-hydrogen) atoms. The molecule has 0 aromatic heterocycles. The summed E-state index contributed by atoms with van der Waals surface area (Å²) in [7, 11) is 0. The zero-order valence-corrected chi connectivity index (χ0v) is 22.2. The van der Waals surface area contributed by atoms with Crippen LogP contribution in [-0.2, 0) is 0 Å². The number of nitriles is 1. The Hall–Kier alpha value is -3.02. The fourth-order valence-corrected chi connectivity index (χ4v) is 6.12. The quantitative estimate of drug-likeness (QED) is 0.511. The molecule has 3 aliphatic rings. The van der Waals surface area contributed by atoms with Crippen molar-refractivity contribution < 1.29 is 13.6 Å². The van der Waals surface area contributed by atoms with Crippen molar-refractivity contribution in [1.29, 1.82) is 5.26 Å². The Bertz CT molecular complexity index is 1180. The van der Waals surface area contributed by atoms with Gasteiger partial charge >= 0.3 is 0 Å². The summed E-state index contributed by atoms with van der Waals surface area (Å²) >= 11 is 0. The smallest absolute Gasteiger partial charge is 0.254 e. The molecule has 2 N–H and O–H groups in total. The zero-order valence-electron chi connectivity index (χ0n) is 22.2. The van der Waals surface area contributed by atoms with Gasteiger partial charge < -0.3 is 15.5 Å². The van der Waals surface area contributed by atoms with Crippen LogP contribution in [0.1, 0.15) is 61.4 Å². The number of halogens is 2. The minimum Gasteiger partial charge on any atom is -0.365 e. The van der Waals surface area contributed by atoms with Gasteiger partial charge in [0, 0.05) is 37.2 Å². The van der Waals surface area contributed by atoms with Crippen LogP contribution in [0.25, 0.3) is 0 Å². The maximum absolute atomic E-state index is 14.9. The maximum atomic E-state index is 14.9. The molecule has 0 spiro atoms. The van der Waals surface area contributed by atoms with Crippen molar-refractivity contribution in [1.82, 2.24) is 15.5 Å². The predicted octanol–water partition coefficient (Wildman–Crippen LogP) is 4.43. The second-order valence-corrected chi connectivity index (χ2v) is 11.5. The van der Waals surface area contributed by atoms with Gasteiger partial charge in [0.2, 0.25) is 0 Å². The maximum Gasteiger partial charge on any atom is 0.254 e. The summed E-state index contributed by atoms with van der Waals surface area (Å²) in [5, 5.41) is 15.9. The number of benzene rings is 2. The highest BCUT2D eigenvalue weighted by Gasteiger charge is 2.49. The fourth-order valence-electron chi connectivity index (χ4n) is 6.12. The Labute approximate surface area is 224 Å². The molecule has 8 heteroatoms. The van der Waals surface area contributed by atoms with Gasteiger partial charge in [-0.1, -0.05) is 30.3 Å². The Morgan fingerprint density at radius 1 is 1.13 bits per heavy atom. The van der Waals surface area contributed by atoms with Crippen LogP contribution in [0.15, 0.2) is 42.5 Å². The minimum absolute atomic E-state index is 0.147. The molecule has 5 rings (SSSR count). The first-order valence-corrected chi connectivity index (χ1v) is 13.7. The van der Waals surface area contributed by atoms with Gasteiger partial charge in [0.05, 0.1) is 29.3 Å². The molecule has 2 heterocycles. The lowest BCUT2D eigenvalue weighted by molar-refractivity contribution is 0.0296. The van der Waals surface area contributed by atoms with Crippen molar-refractivity contribution in [2.75, 3.05) is 37.6 Å². The molecule has 2 aliphatic heterocycles. The summed E-state index contributed by atoms with van der Waals surface area (Å²) < 4.78 is 29.7. The van der Waals surface area contributed by atoms with Gasteiger partial charge in [0.15, 0.2) is 0 Å². The molecule has 0 bridgehead atoms. The van der Waals surface area contributed by atoms with E-state index in [2.05, 4.69) is 51.9 Å². The highest BCUT2D eigenvalue weighted by atomic mass is 19.1. The summed E-state index contributed by atoms with van der Waals surface area (Å²) in [6, 6.07) is 15.5. The molecule has 2 aromatic carbocycles. The lowest BCUT2D eigenvalue weighted by Crippen LogP contribution is -2.71. The van der Waals surface area contributed by atoms with Gasteiger partial charge in [-0.3, -0.25) is 9.69 Å². The first kappa shape index (κ1) is 26.6. The summed E-state index contributed by atoms with van der Waals surface area (Å²) in [6.45, 7) is 7.29. The van der Waals surface area contributed by atoms with Gasteiger partial charge in [0.1, 0.15) is 11.6 Å². The Morgan fingerprint density at radius 3 is 2.50 bits per heavy atom. The zero-order chi connectivity index (χ0) is 26.9. The highest BCUT2D eigenvalue weighted by molar-refractivity contribution is 5.95. The van der Waals surface area contributed by atoms with E-state index in [1.165, 1.54) is 12.0 Å². The van der Waals surface area contributed by atoms with Gasteiger partial charge in [-0.15, -0.1) is 0 Å². The molecule has 3 fully saturated rings. The Kier molecular flexibility index (Phi) is 7.69. The number of anilines is 1. The molecule has 6 nitrogen and oxygen atoms in total. The van der Waals surface area contributed by atoms with E-state index in [0.717, 1.165) is 44.6 Å². The summed E-state index contributed by atoms with van der Waals surface area (Å²) in [6.07, 6.45) is 3.67. The predicted molar refractivity (Wildman–Crippen MR) is 144 cm³/mol. The third-order valence-electron chi connectivity index (χ3n) is 8.39. The minimum atomic E-state index is -0.740. The highest BCUT2D eigenvalue weighted by Crippen LogP contribution is 2.41. The van der Waals surface area contributed by atoms with E-state index >= 15 is 0 Å². The summed E-state index contributed by atoms with van der Waals surface area (Å²) in [5.74, 6) is -0.755. The average molecular weight is 522 g/mol. The Morgan fingerprint density at radius 2 is 1.84 bits per heavy atom. The largest absolute Gasteiger partial charge is 0.365 e. The van der Waals surface area contributed by atoms with E-state index < -0.39 is 17.5 Å². The second-order valence-electron chi connectivity index (χ2n) is 11.5. The number of carbonyl (C=O) groups excluding carboxylic acids is 1. The van der Waals surface area contributed by atoms with Crippen molar-refractivity contribution >= 4 is 11.6 Å². The third kappa shape index (κ3) is 5.55. The summed E-state index contributed by atoms with van der Waals surface area (Å²) in [5.41, 5.74) is 0.922. The standard InChI is InChI=1S/C30H37F2N5O/c1-20(2)35-29(38)24-14-26(32)28(16-25(24)31)36-18-30(19-36,10-11-33)37-12-8-21(9-13-37)17-34-27-15-23(27)22-6-4-3-5-7-22/h3-7,14,16,20-21,23,27,34H,8-10,12-13,15,17-19H2,1-2H3,(H,35,38)/t23-,27+/m0/s1. The van der Waals surface area contributed by atoms with Gasteiger partial charge in [-0.05, 0) is 70.3 Å². The van der Waals surface area contributed by atoms with E-state index in [0.29, 0.717) is 37.4 Å². The van der Waals surface area contributed by atoms with Crippen LogP contribution in [0.4, 0.5) is 14.5 Å². The molecule has 2 atom stereocenters. The SMILES string of the molecule is CC(C)NC(=O)c1cc(F)c(N2CC(CC#N)(N3CCC(CN[C@@H]4C[C@H]4c4ccccc4)CC3)C2)cc1F. The van der Waals surface area contributed by atoms with E-state index in [1.807, 2.05) is 0 Å². The van der Waals surface area contributed by atoms with Crippen LogP contribution in [0.3, 0.4) is 0 Å². The van der Waals surface area contributed by atoms with Crippen molar-refractivity contribution in [2.24, 2.45) is 5.92 Å². The average Bonchev–Trinajstić information content (AvgIpc) is 3.66. The van der Waals surface area contributed by atoms with Crippen molar-refractivity contribution in [3.8, 4) is 6.07 Å². The number of hydrogen-bond acceptors (Lipinski definition) is 5. The van der Waals surface area contributed by atoms with Crippen molar-refractivity contribution in [3.05, 3.63) is 65.2 Å². The summed E-state index contributed by atoms with van der Waals surface area (Å²) in [4.78, 5) is 16.4. The monoisotopic (exact) mass is 521 g/mol. The fraction of sp³-hybridized carbons (Fsp3) is 0.533. The third-order valence-corrected chi connectivity index (χ3v) is 8.39. The number of carbonyl (C=O) groups is 1. The molecule has 1 amide bonds. The van der Waals surface area contributed by atoms with E-state index in [9.17, 15) is 18.8 Å². The normalized spacial score (nSPS) is 23.1. The Balaban J connectivity index is 1.14. The number of amides is 1. The van der Waals surface area contributed by atoms with E-state index in [-0.39, 0.29) is 22.8 Å². The van der Waals surface area contributed by atoms with Gasteiger partial charge in [-0.25, -0.2) is 8.78 Å². The van der Waals surface area contributed by atoms with E-state index in [4.69, 9.17) is 0 Å². The second kappa shape index (κ2) is 11.0. The lowest BCUT2D eigenvalue weighted by Gasteiger charge is -2.57. The van der Waals surface area contributed by atoms with E-state index in [1.54, 1.807) is 18.7 Å². The number of hydrogen-bond donors (Lipinski definition) is 2. The molecular weight excluding hydrogens is 484 g/mol. The molecule has 0 radical (unpaired) electrons. The molecule has 202 valence electrons. The first-order valence-electron chi connectivity index (χ1n) is 13.7. The lowest BCUT2D eigenvalue weighted by atomic mass is 9.81. The van der Waals surface area contributed by atoms with Crippen LogP contribution >= 0.6 is 0 Å². The number of nitrogens with zero attached hydrogens (tertiary/aromatic N) is 3. The van der Waals surface area contributed by atoms with Gasteiger partial charge in [0.25, 0.3) is 5.91 Å². The number of rotatable bonds is 9. The van der Waals surface area contributed by atoms with Crippen molar-refractivity contribution in [3.63, 3.8) is 0 Å². The van der Waals surface area contributed by atoms with Crippen molar-refractivity contribution in [2.45, 2.75) is 63.1 Å². The molecule has 1 aliphatic carbocycles. The molecule has 2 saturated heterocycles. The van der Waals surface area contributed by atoms with Crippen LogP contribution in [0, 0.1) is 28.9 Å².